The Morgan fingerprint density at radius 1 is 1.40 bits per heavy atom. The van der Waals surface area contributed by atoms with Crippen molar-refractivity contribution in [3.8, 4) is 0 Å². The number of alkyl halides is 1. The minimum Gasteiger partial charge on any atom is -0.381 e. The molecule has 2 aliphatic rings. The number of hydrogen-bond acceptors (Lipinski definition) is 3. The molecule has 0 amide bonds. The number of ether oxygens (including phenoxy) is 1. The zero-order valence-electron chi connectivity index (χ0n) is 12.3. The molecule has 0 aliphatic carbocycles. The van der Waals surface area contributed by atoms with Crippen molar-refractivity contribution in [1.29, 1.82) is 0 Å². The van der Waals surface area contributed by atoms with Crippen molar-refractivity contribution >= 4 is 0 Å². The Labute approximate surface area is 120 Å². The summed E-state index contributed by atoms with van der Waals surface area (Å²) >= 11 is 0. The molecular weight excluding hydrogens is 255 g/mol. The Morgan fingerprint density at radius 2 is 2.20 bits per heavy atom. The lowest BCUT2D eigenvalue weighted by Gasteiger charge is -2.34. The number of pyridine rings is 1. The van der Waals surface area contributed by atoms with Gasteiger partial charge in [-0.05, 0) is 24.0 Å². The van der Waals surface area contributed by atoms with E-state index < -0.39 is 6.17 Å². The highest BCUT2D eigenvalue weighted by Gasteiger charge is 2.29. The third-order valence-corrected chi connectivity index (χ3v) is 4.28. The first kappa shape index (κ1) is 14.0. The predicted molar refractivity (Wildman–Crippen MR) is 76.7 cm³/mol. The van der Waals surface area contributed by atoms with Crippen LogP contribution in [0.15, 0.2) is 12.1 Å². The monoisotopic (exact) mass is 278 g/mol. The van der Waals surface area contributed by atoms with Crippen LogP contribution in [0.1, 0.15) is 49.1 Å². The largest absolute Gasteiger partial charge is 0.381 e. The Bertz CT molecular complexity index is 466. The normalized spacial score (nSPS) is 24.3. The van der Waals surface area contributed by atoms with Gasteiger partial charge in [-0.2, -0.15) is 0 Å². The lowest BCUT2D eigenvalue weighted by atomic mass is 9.94. The van der Waals surface area contributed by atoms with Gasteiger partial charge in [0.05, 0.1) is 12.3 Å². The Kier molecular flexibility index (Phi) is 4.03. The standard InChI is InChI=1S/C16H23FN2O/c1-11(2)15-4-3-14(12-5-6-20-10-12)16(18-15)9-19-7-13(17)8-19/h3-4,11-13H,5-10H2,1-2H3/t12-/m1/s1. The van der Waals surface area contributed by atoms with Crippen LogP contribution in [0.25, 0.3) is 0 Å². The summed E-state index contributed by atoms with van der Waals surface area (Å²) in [6.45, 7) is 7.82. The number of nitrogens with zero attached hydrogens (tertiary/aromatic N) is 2. The van der Waals surface area contributed by atoms with Crippen LogP contribution in [0.3, 0.4) is 0 Å². The summed E-state index contributed by atoms with van der Waals surface area (Å²) in [5.41, 5.74) is 3.55. The molecule has 3 heterocycles. The molecule has 0 spiro atoms. The van der Waals surface area contributed by atoms with E-state index in [9.17, 15) is 4.39 Å². The van der Waals surface area contributed by atoms with E-state index in [1.165, 1.54) is 5.56 Å². The zero-order valence-corrected chi connectivity index (χ0v) is 12.3. The van der Waals surface area contributed by atoms with Crippen LogP contribution in [0.2, 0.25) is 0 Å². The highest BCUT2D eigenvalue weighted by molar-refractivity contribution is 5.29. The van der Waals surface area contributed by atoms with E-state index >= 15 is 0 Å². The Hall–Kier alpha value is -1.00. The first-order valence-electron chi connectivity index (χ1n) is 7.57. The second-order valence-electron chi connectivity index (χ2n) is 6.28. The summed E-state index contributed by atoms with van der Waals surface area (Å²) in [4.78, 5) is 6.98. The van der Waals surface area contributed by atoms with Crippen LogP contribution < -0.4 is 0 Å². The van der Waals surface area contributed by atoms with Gasteiger partial charge in [0.25, 0.3) is 0 Å². The van der Waals surface area contributed by atoms with Gasteiger partial charge >= 0.3 is 0 Å². The van der Waals surface area contributed by atoms with Crippen molar-refractivity contribution in [2.24, 2.45) is 0 Å². The van der Waals surface area contributed by atoms with Crippen LogP contribution in [0, 0.1) is 0 Å². The molecule has 2 fully saturated rings. The SMILES string of the molecule is CC(C)c1ccc([C@@H]2CCOC2)c(CN2CC(F)C2)n1. The van der Waals surface area contributed by atoms with Gasteiger partial charge in [-0.25, -0.2) is 4.39 Å². The predicted octanol–water partition coefficient (Wildman–Crippen LogP) is 2.86. The minimum absolute atomic E-state index is 0.424. The molecule has 3 nitrogen and oxygen atoms in total. The first-order valence-corrected chi connectivity index (χ1v) is 7.57. The molecule has 0 bridgehead atoms. The van der Waals surface area contributed by atoms with Crippen LogP contribution in [-0.2, 0) is 11.3 Å². The van der Waals surface area contributed by atoms with E-state index in [0.29, 0.717) is 24.9 Å². The molecule has 0 aromatic carbocycles. The fourth-order valence-electron chi connectivity index (χ4n) is 2.98. The summed E-state index contributed by atoms with van der Waals surface area (Å²) in [5, 5.41) is 0. The van der Waals surface area contributed by atoms with E-state index in [0.717, 1.165) is 37.6 Å². The molecule has 1 aromatic rings. The lowest BCUT2D eigenvalue weighted by Crippen LogP contribution is -2.47. The highest BCUT2D eigenvalue weighted by atomic mass is 19.1. The third-order valence-electron chi connectivity index (χ3n) is 4.28. The van der Waals surface area contributed by atoms with Crippen LogP contribution in [-0.4, -0.2) is 42.4 Å². The topological polar surface area (TPSA) is 25.4 Å². The summed E-state index contributed by atoms with van der Waals surface area (Å²) in [6, 6.07) is 4.35. The van der Waals surface area contributed by atoms with Crippen molar-refractivity contribution in [1.82, 2.24) is 9.88 Å². The number of likely N-dealkylation sites (tertiary alicyclic amines) is 1. The van der Waals surface area contributed by atoms with Gasteiger partial charge in [0.1, 0.15) is 6.17 Å². The van der Waals surface area contributed by atoms with Crippen LogP contribution >= 0.6 is 0 Å². The smallest absolute Gasteiger partial charge is 0.125 e. The van der Waals surface area contributed by atoms with Crippen molar-refractivity contribution < 1.29 is 9.13 Å². The van der Waals surface area contributed by atoms with Gasteiger partial charge in [-0.1, -0.05) is 19.9 Å². The van der Waals surface area contributed by atoms with Gasteiger partial charge in [0.15, 0.2) is 0 Å². The van der Waals surface area contributed by atoms with Crippen molar-refractivity contribution in [3.05, 3.63) is 29.1 Å². The Balaban J connectivity index is 1.83. The van der Waals surface area contributed by atoms with E-state index in [1.54, 1.807) is 0 Å². The quantitative estimate of drug-likeness (QED) is 0.847. The van der Waals surface area contributed by atoms with Crippen molar-refractivity contribution in [3.63, 3.8) is 0 Å². The van der Waals surface area contributed by atoms with Gasteiger partial charge < -0.3 is 4.74 Å². The van der Waals surface area contributed by atoms with E-state index in [-0.39, 0.29) is 0 Å². The zero-order chi connectivity index (χ0) is 14.1. The molecule has 1 aromatic heterocycles. The molecule has 4 heteroatoms. The fraction of sp³-hybridized carbons (Fsp3) is 0.688. The van der Waals surface area contributed by atoms with Gasteiger partial charge in [0, 0.05) is 37.9 Å². The van der Waals surface area contributed by atoms with Crippen LogP contribution in [0.4, 0.5) is 4.39 Å². The van der Waals surface area contributed by atoms with E-state index in [4.69, 9.17) is 9.72 Å². The van der Waals surface area contributed by atoms with Gasteiger partial charge in [-0.3, -0.25) is 9.88 Å². The number of hydrogen-bond donors (Lipinski definition) is 0. The summed E-state index contributed by atoms with van der Waals surface area (Å²) in [7, 11) is 0. The molecule has 20 heavy (non-hydrogen) atoms. The number of halogens is 1. The maximum absolute atomic E-state index is 13.0. The average molecular weight is 278 g/mol. The maximum Gasteiger partial charge on any atom is 0.125 e. The molecule has 0 radical (unpaired) electrons. The molecule has 0 N–H and O–H groups in total. The molecule has 2 aliphatic heterocycles. The molecule has 110 valence electrons. The molecule has 3 rings (SSSR count). The van der Waals surface area contributed by atoms with Crippen LogP contribution in [0.5, 0.6) is 0 Å². The maximum atomic E-state index is 13.0. The summed E-state index contributed by atoms with van der Waals surface area (Å²) in [5.74, 6) is 0.883. The second-order valence-corrected chi connectivity index (χ2v) is 6.28. The highest BCUT2D eigenvalue weighted by Crippen LogP contribution is 2.30. The minimum atomic E-state index is -0.651. The second kappa shape index (κ2) is 5.78. The third kappa shape index (κ3) is 2.86. The molecular formula is C16H23FN2O. The molecule has 0 saturated carbocycles. The number of rotatable bonds is 4. The molecule has 1 atom stereocenters. The van der Waals surface area contributed by atoms with E-state index in [1.807, 2.05) is 0 Å². The van der Waals surface area contributed by atoms with E-state index in [2.05, 4.69) is 30.9 Å². The lowest BCUT2D eigenvalue weighted by molar-refractivity contribution is 0.0576. The first-order chi connectivity index (χ1) is 9.63. The summed E-state index contributed by atoms with van der Waals surface area (Å²) in [6.07, 6.45) is 0.420. The average Bonchev–Trinajstić information content (AvgIpc) is 2.90. The Morgan fingerprint density at radius 3 is 2.80 bits per heavy atom. The fourth-order valence-corrected chi connectivity index (χ4v) is 2.98. The molecule has 0 unspecified atom stereocenters. The van der Waals surface area contributed by atoms with Crippen molar-refractivity contribution in [2.75, 3.05) is 26.3 Å². The van der Waals surface area contributed by atoms with Crippen molar-refractivity contribution in [2.45, 2.75) is 44.8 Å². The van der Waals surface area contributed by atoms with Gasteiger partial charge in [0.2, 0.25) is 0 Å². The molecule has 2 saturated heterocycles. The summed E-state index contributed by atoms with van der Waals surface area (Å²) < 4.78 is 18.5. The van der Waals surface area contributed by atoms with Gasteiger partial charge in [-0.15, -0.1) is 0 Å². The number of aromatic nitrogens is 1.